The number of hydrogen-bond acceptors (Lipinski definition) is 6. The van der Waals surface area contributed by atoms with Gasteiger partial charge < -0.3 is 18.6 Å². The number of hydrogen-bond donors (Lipinski definition) is 0. The van der Waals surface area contributed by atoms with Gasteiger partial charge in [-0.3, -0.25) is 4.68 Å². The molecule has 2 aromatic rings. The second-order valence-corrected chi connectivity index (χ2v) is 16.3. The second kappa shape index (κ2) is 9.39. The van der Waals surface area contributed by atoms with Gasteiger partial charge in [0.15, 0.2) is 8.32 Å². The standard InChI is InChI=1S/C25H40N2O5Si/c1-17(32-33(8,9)25(5,6)7)14-27-23-18(13-26-27)10-11-21-20(23)12-19(15-30-21)29-16-22(28)31-24(2,3)4/h10-11,13,17,19H,12,14-16H2,1-9H3/t17-,19-/m1/s1. The van der Waals surface area contributed by atoms with E-state index in [1.54, 1.807) is 0 Å². The lowest BCUT2D eigenvalue weighted by molar-refractivity contribution is -0.163. The lowest BCUT2D eigenvalue weighted by Gasteiger charge is -2.38. The lowest BCUT2D eigenvalue weighted by Crippen LogP contribution is -2.44. The van der Waals surface area contributed by atoms with Gasteiger partial charge in [0.1, 0.15) is 24.6 Å². The van der Waals surface area contributed by atoms with Crippen LogP contribution in [0.25, 0.3) is 10.9 Å². The van der Waals surface area contributed by atoms with Crippen LogP contribution < -0.4 is 4.74 Å². The highest BCUT2D eigenvalue weighted by Gasteiger charge is 2.38. The Hall–Kier alpha value is -1.90. The molecule has 8 heteroatoms. The van der Waals surface area contributed by atoms with E-state index in [4.69, 9.17) is 18.6 Å². The number of nitrogens with zero attached hydrogens (tertiary/aromatic N) is 2. The number of benzene rings is 1. The molecule has 0 N–H and O–H groups in total. The molecule has 0 bridgehead atoms. The molecule has 0 aliphatic carbocycles. The van der Waals surface area contributed by atoms with Crippen molar-refractivity contribution >= 4 is 25.2 Å². The molecule has 0 radical (unpaired) electrons. The van der Waals surface area contributed by atoms with E-state index in [9.17, 15) is 4.79 Å². The highest BCUT2D eigenvalue weighted by Crippen LogP contribution is 2.38. The molecule has 1 aromatic heterocycles. The molecule has 1 aliphatic heterocycles. The van der Waals surface area contributed by atoms with Gasteiger partial charge in [-0.05, 0) is 58.0 Å². The van der Waals surface area contributed by atoms with Gasteiger partial charge in [0.05, 0.1) is 30.5 Å². The fourth-order valence-corrected chi connectivity index (χ4v) is 5.23. The molecule has 0 saturated carbocycles. The summed E-state index contributed by atoms with van der Waals surface area (Å²) in [6.07, 6.45) is 2.35. The van der Waals surface area contributed by atoms with E-state index < -0.39 is 13.9 Å². The molecule has 0 fully saturated rings. The smallest absolute Gasteiger partial charge is 0.332 e. The minimum absolute atomic E-state index is 0.0357. The third kappa shape index (κ3) is 6.37. The average molecular weight is 477 g/mol. The van der Waals surface area contributed by atoms with Crippen molar-refractivity contribution in [2.45, 2.75) is 97.4 Å². The minimum atomic E-state index is -1.88. The van der Waals surface area contributed by atoms with Gasteiger partial charge in [0, 0.05) is 17.4 Å². The molecule has 2 atom stereocenters. The van der Waals surface area contributed by atoms with Crippen LogP contribution in [0.1, 0.15) is 54.0 Å². The normalized spacial score (nSPS) is 18.0. The van der Waals surface area contributed by atoms with Gasteiger partial charge in [-0.1, -0.05) is 20.8 Å². The summed E-state index contributed by atoms with van der Waals surface area (Å²) in [5.74, 6) is 0.479. The van der Waals surface area contributed by atoms with Crippen LogP contribution in [0.4, 0.5) is 0 Å². The Morgan fingerprint density at radius 3 is 2.58 bits per heavy atom. The molecule has 0 amide bonds. The van der Waals surface area contributed by atoms with Crippen molar-refractivity contribution in [3.63, 3.8) is 0 Å². The summed E-state index contributed by atoms with van der Waals surface area (Å²) in [5, 5.41) is 5.87. The molecule has 184 valence electrons. The molecule has 0 spiro atoms. The zero-order valence-electron chi connectivity index (χ0n) is 21.7. The Balaban J connectivity index is 1.74. The monoisotopic (exact) mass is 476 g/mol. The number of esters is 1. The first-order chi connectivity index (χ1) is 15.2. The maximum Gasteiger partial charge on any atom is 0.332 e. The molecule has 0 saturated heterocycles. The molecule has 1 aromatic carbocycles. The Labute approximate surface area is 198 Å². The van der Waals surface area contributed by atoms with E-state index in [2.05, 4.69) is 45.9 Å². The van der Waals surface area contributed by atoms with Crippen LogP contribution in [-0.4, -0.2) is 55.1 Å². The number of fused-ring (bicyclic) bond motifs is 3. The van der Waals surface area contributed by atoms with Crippen LogP contribution in [0.3, 0.4) is 0 Å². The average Bonchev–Trinajstić information content (AvgIpc) is 3.06. The van der Waals surface area contributed by atoms with Crippen molar-refractivity contribution < 1.29 is 23.4 Å². The van der Waals surface area contributed by atoms with E-state index in [1.165, 1.54) is 0 Å². The van der Waals surface area contributed by atoms with Crippen LogP contribution >= 0.6 is 0 Å². The third-order valence-corrected chi connectivity index (χ3v) is 10.9. The van der Waals surface area contributed by atoms with Crippen molar-refractivity contribution in [2.24, 2.45) is 0 Å². The van der Waals surface area contributed by atoms with Crippen molar-refractivity contribution in [1.82, 2.24) is 9.78 Å². The summed E-state index contributed by atoms with van der Waals surface area (Å²) in [6, 6.07) is 4.03. The first-order valence-electron chi connectivity index (χ1n) is 11.8. The van der Waals surface area contributed by atoms with Crippen molar-refractivity contribution in [2.75, 3.05) is 13.2 Å². The largest absolute Gasteiger partial charge is 0.491 e. The summed E-state index contributed by atoms with van der Waals surface area (Å²) in [4.78, 5) is 12.1. The Morgan fingerprint density at radius 2 is 1.94 bits per heavy atom. The highest BCUT2D eigenvalue weighted by molar-refractivity contribution is 6.74. The van der Waals surface area contributed by atoms with Gasteiger partial charge in [-0.15, -0.1) is 0 Å². The fraction of sp³-hybridized carbons (Fsp3) is 0.680. The summed E-state index contributed by atoms with van der Waals surface area (Å²) >= 11 is 0. The van der Waals surface area contributed by atoms with Gasteiger partial charge in [-0.2, -0.15) is 5.10 Å². The van der Waals surface area contributed by atoms with Crippen molar-refractivity contribution in [3.05, 3.63) is 23.9 Å². The molecule has 7 nitrogen and oxygen atoms in total. The van der Waals surface area contributed by atoms with Crippen LogP contribution in [0.5, 0.6) is 5.75 Å². The zero-order valence-corrected chi connectivity index (χ0v) is 22.7. The van der Waals surface area contributed by atoms with Crippen molar-refractivity contribution in [3.8, 4) is 5.75 Å². The quantitative estimate of drug-likeness (QED) is 0.409. The molecular formula is C25H40N2O5Si. The number of carbonyl (C=O) groups excluding carboxylic acids is 1. The van der Waals surface area contributed by atoms with Gasteiger partial charge in [0.25, 0.3) is 0 Å². The first-order valence-corrected chi connectivity index (χ1v) is 14.7. The maximum absolute atomic E-state index is 12.1. The van der Waals surface area contributed by atoms with E-state index in [-0.39, 0.29) is 29.8 Å². The number of rotatable bonds is 7. The van der Waals surface area contributed by atoms with E-state index in [1.807, 2.05) is 43.8 Å². The third-order valence-electron chi connectivity index (χ3n) is 6.31. The number of aromatic nitrogens is 2. The van der Waals surface area contributed by atoms with Crippen LogP contribution in [-0.2, 0) is 31.7 Å². The predicted molar refractivity (Wildman–Crippen MR) is 132 cm³/mol. The molecule has 1 aliphatic rings. The highest BCUT2D eigenvalue weighted by atomic mass is 28.4. The summed E-state index contributed by atoms with van der Waals surface area (Å²) in [5.41, 5.74) is 1.58. The fourth-order valence-electron chi connectivity index (χ4n) is 3.80. The van der Waals surface area contributed by atoms with E-state index in [0.717, 1.165) is 22.2 Å². The second-order valence-electron chi connectivity index (χ2n) is 11.5. The SMILES string of the molecule is C[C@H](Cn1ncc2ccc3c(c21)C[C@@H](OCC(=O)OC(C)(C)C)CO3)O[Si](C)(C)C(C)(C)C. The van der Waals surface area contributed by atoms with E-state index in [0.29, 0.717) is 19.6 Å². The summed E-state index contributed by atoms with van der Waals surface area (Å²) in [7, 11) is -1.88. The summed E-state index contributed by atoms with van der Waals surface area (Å²) < 4.78 is 25.8. The van der Waals surface area contributed by atoms with Crippen LogP contribution in [0.15, 0.2) is 18.3 Å². The molecule has 2 heterocycles. The van der Waals surface area contributed by atoms with Gasteiger partial charge in [-0.25, -0.2) is 4.79 Å². The summed E-state index contributed by atoms with van der Waals surface area (Å²) in [6.45, 7) is 19.9. The zero-order chi connectivity index (χ0) is 24.6. The minimum Gasteiger partial charge on any atom is -0.491 e. The van der Waals surface area contributed by atoms with Crippen LogP contribution in [0.2, 0.25) is 18.1 Å². The Bertz CT molecular complexity index is 987. The van der Waals surface area contributed by atoms with E-state index >= 15 is 0 Å². The molecule has 0 unspecified atom stereocenters. The Morgan fingerprint density at radius 1 is 1.24 bits per heavy atom. The molecule has 3 rings (SSSR count). The maximum atomic E-state index is 12.1. The van der Waals surface area contributed by atoms with Gasteiger partial charge in [0.2, 0.25) is 0 Å². The topological polar surface area (TPSA) is 71.8 Å². The predicted octanol–water partition coefficient (Wildman–Crippen LogP) is 5.11. The van der Waals surface area contributed by atoms with Gasteiger partial charge >= 0.3 is 5.97 Å². The number of carbonyl (C=O) groups is 1. The van der Waals surface area contributed by atoms with Crippen molar-refractivity contribution in [1.29, 1.82) is 0 Å². The molecule has 33 heavy (non-hydrogen) atoms. The molecular weight excluding hydrogens is 436 g/mol. The lowest BCUT2D eigenvalue weighted by atomic mass is 10.0. The number of ether oxygens (including phenoxy) is 3. The van der Waals surface area contributed by atoms with Crippen LogP contribution in [0, 0.1) is 0 Å². The first kappa shape index (κ1) is 25.7. The Kier molecular flexibility index (Phi) is 7.32.